The molecule has 3 rings (SSSR count). The average Bonchev–Trinajstić information content (AvgIpc) is 3.23. The van der Waals surface area contributed by atoms with Crippen molar-refractivity contribution in [2.24, 2.45) is 11.7 Å². The number of urea groups is 1. The highest BCUT2D eigenvalue weighted by molar-refractivity contribution is 5.80. The lowest BCUT2D eigenvalue weighted by Gasteiger charge is -2.30. The van der Waals surface area contributed by atoms with Gasteiger partial charge in [0.2, 0.25) is 11.7 Å². The summed E-state index contributed by atoms with van der Waals surface area (Å²) >= 11 is 0. The lowest BCUT2D eigenvalue weighted by atomic mass is 9.97. The summed E-state index contributed by atoms with van der Waals surface area (Å²) in [5.41, 5.74) is 5.87. The molecule has 0 saturated carbocycles. The zero-order chi connectivity index (χ0) is 16.2. The predicted octanol–water partition coefficient (Wildman–Crippen LogP) is 1.34. The maximum Gasteiger partial charge on any atom is 0.314 e. The Hall–Kier alpha value is -2.77. The number of nitrogens with two attached hydrogens (primary N) is 1. The van der Waals surface area contributed by atoms with Crippen LogP contribution < -0.4 is 11.1 Å². The fourth-order valence-electron chi connectivity index (χ4n) is 2.64. The second-order valence-corrected chi connectivity index (χ2v) is 5.50. The molecule has 2 aromatic heterocycles. The van der Waals surface area contributed by atoms with Gasteiger partial charge < -0.3 is 24.9 Å². The van der Waals surface area contributed by atoms with Crippen LogP contribution in [-0.4, -0.2) is 35.1 Å². The second kappa shape index (κ2) is 6.55. The van der Waals surface area contributed by atoms with Crippen molar-refractivity contribution >= 4 is 11.9 Å². The molecule has 8 nitrogen and oxygen atoms in total. The van der Waals surface area contributed by atoms with Crippen LogP contribution in [0.15, 0.2) is 33.4 Å². The van der Waals surface area contributed by atoms with Crippen molar-refractivity contribution in [3.8, 4) is 11.5 Å². The topological polar surface area (TPSA) is 115 Å². The Morgan fingerprint density at radius 2 is 2.30 bits per heavy atom. The summed E-state index contributed by atoms with van der Waals surface area (Å²) < 4.78 is 10.4. The van der Waals surface area contributed by atoms with Gasteiger partial charge in [-0.25, -0.2) is 4.79 Å². The molecule has 0 radical (unpaired) electrons. The number of hydrogen-bond donors (Lipinski definition) is 2. The largest absolute Gasteiger partial charge is 0.461 e. The van der Waals surface area contributed by atoms with E-state index in [1.165, 1.54) is 4.90 Å². The van der Waals surface area contributed by atoms with Crippen LogP contribution in [0.25, 0.3) is 11.5 Å². The van der Waals surface area contributed by atoms with Crippen LogP contribution in [0, 0.1) is 5.92 Å². The zero-order valence-electron chi connectivity index (χ0n) is 12.5. The first-order valence-corrected chi connectivity index (χ1v) is 7.45. The Morgan fingerprint density at radius 3 is 3.04 bits per heavy atom. The van der Waals surface area contributed by atoms with E-state index in [-0.39, 0.29) is 18.4 Å². The number of primary amides is 1. The SMILES string of the molecule is NC(=O)N1CCC[C@H](C(=O)NCc2cc(-c3ccco3)on2)C1. The Labute approximate surface area is 132 Å². The van der Waals surface area contributed by atoms with Crippen LogP contribution in [-0.2, 0) is 11.3 Å². The van der Waals surface area contributed by atoms with Gasteiger partial charge in [-0.05, 0) is 25.0 Å². The monoisotopic (exact) mass is 318 g/mol. The van der Waals surface area contributed by atoms with Gasteiger partial charge >= 0.3 is 6.03 Å². The highest BCUT2D eigenvalue weighted by atomic mass is 16.5. The smallest absolute Gasteiger partial charge is 0.314 e. The van der Waals surface area contributed by atoms with Gasteiger partial charge in [0, 0.05) is 19.2 Å². The lowest BCUT2D eigenvalue weighted by Crippen LogP contribution is -2.47. The van der Waals surface area contributed by atoms with Gasteiger partial charge in [-0.1, -0.05) is 5.16 Å². The van der Waals surface area contributed by atoms with Crippen LogP contribution in [0.4, 0.5) is 4.79 Å². The maximum atomic E-state index is 12.2. The summed E-state index contributed by atoms with van der Waals surface area (Å²) in [4.78, 5) is 24.9. The van der Waals surface area contributed by atoms with Crippen molar-refractivity contribution in [2.45, 2.75) is 19.4 Å². The number of rotatable bonds is 4. The fraction of sp³-hybridized carbons (Fsp3) is 0.400. The van der Waals surface area contributed by atoms with E-state index >= 15 is 0 Å². The number of carbonyl (C=O) groups excluding carboxylic acids is 2. The van der Waals surface area contributed by atoms with Crippen molar-refractivity contribution in [3.05, 3.63) is 30.2 Å². The Bertz CT molecular complexity index is 679. The first-order valence-electron chi connectivity index (χ1n) is 7.45. The quantitative estimate of drug-likeness (QED) is 0.883. The molecule has 3 N–H and O–H groups in total. The van der Waals surface area contributed by atoms with Crippen LogP contribution >= 0.6 is 0 Å². The van der Waals surface area contributed by atoms with Crippen molar-refractivity contribution in [2.75, 3.05) is 13.1 Å². The van der Waals surface area contributed by atoms with E-state index in [2.05, 4.69) is 10.5 Å². The van der Waals surface area contributed by atoms with Gasteiger partial charge in [0.25, 0.3) is 0 Å². The molecule has 3 heterocycles. The molecule has 1 saturated heterocycles. The second-order valence-electron chi connectivity index (χ2n) is 5.50. The molecular formula is C15H18N4O4. The molecule has 8 heteroatoms. The van der Waals surface area contributed by atoms with E-state index in [9.17, 15) is 9.59 Å². The van der Waals surface area contributed by atoms with Crippen molar-refractivity contribution in [3.63, 3.8) is 0 Å². The number of likely N-dealkylation sites (tertiary alicyclic amines) is 1. The molecule has 0 spiro atoms. The zero-order valence-corrected chi connectivity index (χ0v) is 12.5. The van der Waals surface area contributed by atoms with E-state index in [4.69, 9.17) is 14.7 Å². The van der Waals surface area contributed by atoms with E-state index in [1.54, 1.807) is 24.5 Å². The molecule has 23 heavy (non-hydrogen) atoms. The van der Waals surface area contributed by atoms with Crippen LogP contribution in [0.5, 0.6) is 0 Å². The van der Waals surface area contributed by atoms with Crippen LogP contribution in [0.3, 0.4) is 0 Å². The third-order valence-corrected chi connectivity index (χ3v) is 3.87. The Morgan fingerprint density at radius 1 is 1.43 bits per heavy atom. The Kier molecular flexibility index (Phi) is 4.31. The molecule has 0 aromatic carbocycles. The van der Waals surface area contributed by atoms with Gasteiger partial charge in [0.05, 0.1) is 18.7 Å². The minimum absolute atomic E-state index is 0.113. The molecule has 1 aliphatic heterocycles. The number of nitrogens with zero attached hydrogens (tertiary/aromatic N) is 2. The molecule has 1 atom stereocenters. The van der Waals surface area contributed by atoms with Crippen molar-refractivity contribution in [1.82, 2.24) is 15.4 Å². The van der Waals surface area contributed by atoms with Gasteiger partial charge in [0.15, 0.2) is 5.76 Å². The molecule has 0 aliphatic carbocycles. The highest BCUT2D eigenvalue weighted by Gasteiger charge is 2.27. The van der Waals surface area contributed by atoms with Gasteiger partial charge in [0.1, 0.15) is 5.69 Å². The Balaban J connectivity index is 1.54. The minimum Gasteiger partial charge on any atom is -0.461 e. The number of hydrogen-bond acceptors (Lipinski definition) is 5. The van der Waals surface area contributed by atoms with Crippen molar-refractivity contribution < 1.29 is 18.5 Å². The fourth-order valence-corrected chi connectivity index (χ4v) is 2.64. The van der Waals surface area contributed by atoms with Gasteiger partial charge in [-0.2, -0.15) is 0 Å². The van der Waals surface area contributed by atoms with E-state index < -0.39 is 6.03 Å². The molecular weight excluding hydrogens is 300 g/mol. The third kappa shape index (κ3) is 3.53. The summed E-state index contributed by atoms with van der Waals surface area (Å²) in [6, 6.07) is 4.76. The van der Waals surface area contributed by atoms with Crippen molar-refractivity contribution in [1.29, 1.82) is 0 Å². The molecule has 2 aromatic rings. The number of piperidine rings is 1. The van der Waals surface area contributed by atoms with E-state index in [0.717, 1.165) is 12.8 Å². The number of nitrogens with one attached hydrogen (secondary N) is 1. The highest BCUT2D eigenvalue weighted by Crippen LogP contribution is 2.21. The molecule has 122 valence electrons. The summed E-state index contributed by atoms with van der Waals surface area (Å²) in [6.07, 6.45) is 3.06. The molecule has 0 bridgehead atoms. The summed E-state index contributed by atoms with van der Waals surface area (Å²) in [5.74, 6) is 0.738. The standard InChI is InChI=1S/C15H18N4O4/c16-15(21)19-5-1-3-10(9-19)14(20)17-8-11-7-13(23-18-11)12-4-2-6-22-12/h2,4,6-7,10H,1,3,5,8-9H2,(H2,16,21)(H,17,20)/t10-/m0/s1. The molecule has 3 amide bonds. The van der Waals surface area contributed by atoms with Crippen LogP contribution in [0.2, 0.25) is 0 Å². The van der Waals surface area contributed by atoms with E-state index in [0.29, 0.717) is 30.3 Å². The maximum absolute atomic E-state index is 12.2. The summed E-state index contributed by atoms with van der Waals surface area (Å²) in [7, 11) is 0. The number of aromatic nitrogens is 1. The number of amides is 3. The molecule has 1 aliphatic rings. The van der Waals surface area contributed by atoms with Gasteiger partial charge in [-0.15, -0.1) is 0 Å². The minimum atomic E-state index is -0.484. The first-order chi connectivity index (χ1) is 11.1. The first kappa shape index (κ1) is 15.1. The third-order valence-electron chi connectivity index (χ3n) is 3.87. The summed E-state index contributed by atoms with van der Waals surface area (Å²) in [6.45, 7) is 1.22. The summed E-state index contributed by atoms with van der Waals surface area (Å²) in [5, 5.41) is 6.71. The van der Waals surface area contributed by atoms with Gasteiger partial charge in [-0.3, -0.25) is 4.79 Å². The molecule has 1 fully saturated rings. The predicted molar refractivity (Wildman–Crippen MR) is 79.9 cm³/mol. The number of carbonyl (C=O) groups is 2. The average molecular weight is 318 g/mol. The normalized spacial score (nSPS) is 17.9. The van der Waals surface area contributed by atoms with Crippen LogP contribution in [0.1, 0.15) is 18.5 Å². The molecule has 0 unspecified atom stereocenters. The lowest BCUT2D eigenvalue weighted by molar-refractivity contribution is -0.126. The van der Waals surface area contributed by atoms with E-state index in [1.807, 2.05) is 0 Å². The number of furan rings is 1.